The predicted molar refractivity (Wildman–Crippen MR) is 16.9 cm³/mol. The van der Waals surface area contributed by atoms with Crippen LogP contribution in [0.3, 0.4) is 0 Å². The van der Waals surface area contributed by atoms with E-state index in [1.807, 2.05) is 0 Å². The smallest absolute Gasteiger partial charge is 0.870 e. The Morgan fingerprint density at radius 2 is 0.667 bits per heavy atom. The normalized spacial score (nSPS) is 0. The minimum absolute atomic E-state index is 0. The molecular formula is H6CaCrO4. The van der Waals surface area contributed by atoms with Crippen molar-refractivity contribution >= 4 is 37.7 Å². The molecule has 0 atom stereocenters. The molecule has 0 aromatic carbocycles. The Balaban J connectivity index is 0. The molecule has 0 amide bonds. The van der Waals surface area contributed by atoms with Crippen LogP contribution in [0.15, 0.2) is 0 Å². The van der Waals surface area contributed by atoms with Gasteiger partial charge in [0.1, 0.15) is 0 Å². The first-order valence-corrected chi connectivity index (χ1v) is 0. The standard InChI is InChI=1S/Ca.Cr.4H2O/h;;4*1H2/q;+2;;;;/p-2. The van der Waals surface area contributed by atoms with Crippen LogP contribution in [0.1, 0.15) is 0 Å². The molecule has 0 aliphatic carbocycles. The quantitative estimate of drug-likeness (QED) is 0.369. The van der Waals surface area contributed by atoms with Gasteiger partial charge in [0, 0.05) is 37.7 Å². The summed E-state index contributed by atoms with van der Waals surface area (Å²) >= 11 is 0. The predicted octanol–water partition coefficient (Wildman–Crippen LogP) is -2.39. The second-order valence-corrected chi connectivity index (χ2v) is 0. The molecule has 0 saturated carbocycles. The van der Waals surface area contributed by atoms with Crippen molar-refractivity contribution in [2.45, 2.75) is 0 Å². The first-order chi connectivity index (χ1) is 0. The van der Waals surface area contributed by atoms with Crippen LogP contribution in [0.5, 0.6) is 0 Å². The first kappa shape index (κ1) is 126. The Morgan fingerprint density at radius 1 is 0.667 bits per heavy atom. The van der Waals surface area contributed by atoms with Crippen molar-refractivity contribution in [1.29, 1.82) is 0 Å². The van der Waals surface area contributed by atoms with E-state index in [4.69, 9.17) is 0 Å². The van der Waals surface area contributed by atoms with Crippen molar-refractivity contribution in [3.05, 3.63) is 0 Å². The monoisotopic (exact) mass is 162 g/mol. The van der Waals surface area contributed by atoms with E-state index in [0.717, 1.165) is 0 Å². The van der Waals surface area contributed by atoms with E-state index >= 15 is 0 Å². The maximum Gasteiger partial charge on any atom is 2.00 e. The zero-order valence-corrected chi connectivity index (χ0v) is 6.49. The van der Waals surface area contributed by atoms with E-state index in [2.05, 4.69) is 0 Å². The summed E-state index contributed by atoms with van der Waals surface area (Å²) in [5.41, 5.74) is 0. The zero-order chi connectivity index (χ0) is 0. The van der Waals surface area contributed by atoms with Crippen LogP contribution in [0.25, 0.3) is 0 Å². The maximum absolute atomic E-state index is 0. The Bertz CT molecular complexity index is 7.51. The Labute approximate surface area is 76.3 Å². The molecular weight excluding hydrogens is 156 g/mol. The fourth-order valence-electron chi connectivity index (χ4n) is 0. The van der Waals surface area contributed by atoms with Crippen molar-refractivity contribution in [3.63, 3.8) is 0 Å². The minimum atomic E-state index is 0. The molecule has 0 aromatic heterocycles. The average Bonchev–Trinajstić information content (AvgIpc) is 0. The van der Waals surface area contributed by atoms with Gasteiger partial charge in [-0.25, -0.2) is 0 Å². The van der Waals surface area contributed by atoms with Gasteiger partial charge in [-0.2, -0.15) is 0 Å². The molecule has 0 bridgehead atoms. The van der Waals surface area contributed by atoms with Gasteiger partial charge in [0.15, 0.2) is 0 Å². The molecule has 0 aliphatic heterocycles. The molecule has 6 N–H and O–H groups in total. The molecule has 0 heterocycles. The Hall–Kier alpha value is 1.63. The summed E-state index contributed by atoms with van der Waals surface area (Å²) in [6, 6.07) is 0. The summed E-state index contributed by atoms with van der Waals surface area (Å²) in [5, 5.41) is 0. The zero-order valence-electron chi connectivity index (χ0n) is 3.01. The van der Waals surface area contributed by atoms with Crippen LogP contribution in [0.4, 0.5) is 0 Å². The van der Waals surface area contributed by atoms with Gasteiger partial charge in [-0.1, -0.05) is 0 Å². The second-order valence-electron chi connectivity index (χ2n) is 0. The molecule has 0 unspecified atom stereocenters. The third-order valence-electron chi connectivity index (χ3n) is 0. The molecule has 0 aliphatic rings. The fraction of sp³-hybridized carbons (Fsp3) is 0. The van der Waals surface area contributed by atoms with Gasteiger partial charge >= 0.3 is 17.4 Å². The summed E-state index contributed by atoms with van der Waals surface area (Å²) in [7, 11) is 0. The molecule has 2 radical (unpaired) electrons. The number of hydrogen-bond acceptors (Lipinski definition) is 2. The molecule has 0 spiro atoms. The minimum Gasteiger partial charge on any atom is -0.870 e. The molecule has 6 heavy (non-hydrogen) atoms. The van der Waals surface area contributed by atoms with Gasteiger partial charge in [-0.15, -0.1) is 0 Å². The summed E-state index contributed by atoms with van der Waals surface area (Å²) in [6.07, 6.45) is 0. The molecule has 38 valence electrons. The van der Waals surface area contributed by atoms with Crippen LogP contribution in [-0.2, 0) is 17.4 Å². The Morgan fingerprint density at radius 3 is 0.667 bits per heavy atom. The van der Waals surface area contributed by atoms with Gasteiger partial charge < -0.3 is 21.9 Å². The first-order valence-electron chi connectivity index (χ1n) is 0. The summed E-state index contributed by atoms with van der Waals surface area (Å²) in [5.74, 6) is 0. The number of hydrogen-bond donors (Lipinski definition) is 0. The van der Waals surface area contributed by atoms with Gasteiger partial charge in [0.2, 0.25) is 0 Å². The van der Waals surface area contributed by atoms with E-state index in [1.165, 1.54) is 0 Å². The van der Waals surface area contributed by atoms with E-state index in [0.29, 0.717) is 0 Å². The van der Waals surface area contributed by atoms with Crippen LogP contribution in [0.2, 0.25) is 0 Å². The van der Waals surface area contributed by atoms with E-state index in [-0.39, 0.29) is 77.0 Å². The number of rotatable bonds is 0. The topological polar surface area (TPSA) is 123 Å². The summed E-state index contributed by atoms with van der Waals surface area (Å²) in [4.78, 5) is 0. The second kappa shape index (κ2) is 79.0. The van der Waals surface area contributed by atoms with Crippen LogP contribution < -0.4 is 0 Å². The molecule has 6 heteroatoms. The summed E-state index contributed by atoms with van der Waals surface area (Å²) in [6.45, 7) is 0. The largest absolute Gasteiger partial charge is 2.00 e. The van der Waals surface area contributed by atoms with Gasteiger partial charge in [0.25, 0.3) is 0 Å². The fourth-order valence-corrected chi connectivity index (χ4v) is 0. The van der Waals surface area contributed by atoms with Gasteiger partial charge in [-0.3, -0.25) is 0 Å². The molecule has 0 fully saturated rings. The Kier molecular flexibility index (Phi) is 1660. The molecule has 4 nitrogen and oxygen atoms in total. The SMILES string of the molecule is O.O.[Ca].[Cr+2].[OH-].[OH-]. The maximum atomic E-state index is 0. The van der Waals surface area contributed by atoms with Crippen molar-refractivity contribution < 1.29 is 39.3 Å². The third kappa shape index (κ3) is 45.4. The van der Waals surface area contributed by atoms with Crippen molar-refractivity contribution in [2.75, 3.05) is 0 Å². The van der Waals surface area contributed by atoms with Gasteiger partial charge in [-0.05, 0) is 0 Å². The van der Waals surface area contributed by atoms with E-state index in [9.17, 15) is 0 Å². The molecule has 0 rings (SSSR count). The average molecular weight is 162 g/mol. The summed E-state index contributed by atoms with van der Waals surface area (Å²) < 4.78 is 0. The molecule has 0 aromatic rings. The van der Waals surface area contributed by atoms with Crippen molar-refractivity contribution in [3.8, 4) is 0 Å². The van der Waals surface area contributed by atoms with E-state index < -0.39 is 0 Å². The van der Waals surface area contributed by atoms with Gasteiger partial charge in [0.05, 0.1) is 0 Å². The van der Waals surface area contributed by atoms with E-state index in [1.54, 1.807) is 0 Å². The van der Waals surface area contributed by atoms with Crippen LogP contribution in [-0.4, -0.2) is 59.6 Å². The molecule has 0 saturated heterocycles. The van der Waals surface area contributed by atoms with Crippen LogP contribution >= 0.6 is 0 Å². The third-order valence-corrected chi connectivity index (χ3v) is 0. The van der Waals surface area contributed by atoms with Crippen LogP contribution in [0, 0.1) is 0 Å². The van der Waals surface area contributed by atoms with Crippen molar-refractivity contribution in [2.24, 2.45) is 0 Å². The van der Waals surface area contributed by atoms with Crippen molar-refractivity contribution in [1.82, 2.24) is 0 Å².